The normalized spacial score (nSPS) is 25.1. The van der Waals surface area contributed by atoms with Crippen LogP contribution in [0.25, 0.3) is 0 Å². The molecule has 0 amide bonds. The average molecular weight is 219 g/mol. The van der Waals surface area contributed by atoms with Crippen molar-refractivity contribution in [2.45, 2.75) is 37.8 Å². The van der Waals surface area contributed by atoms with Crippen molar-refractivity contribution in [3.63, 3.8) is 0 Å². The Hall–Kier alpha value is -1.35. The van der Waals surface area contributed by atoms with Crippen LogP contribution in [-0.4, -0.2) is 18.4 Å². The summed E-state index contributed by atoms with van der Waals surface area (Å²) in [5.74, 6) is 0.782. The van der Waals surface area contributed by atoms with Crippen molar-refractivity contribution < 1.29 is 9.53 Å². The van der Waals surface area contributed by atoms with Crippen LogP contribution in [0, 0.1) is 0 Å². The van der Waals surface area contributed by atoms with Crippen LogP contribution in [0.3, 0.4) is 0 Å². The quantitative estimate of drug-likeness (QED) is 0.792. The Morgan fingerprint density at radius 1 is 1.25 bits per heavy atom. The molecule has 0 saturated heterocycles. The van der Waals surface area contributed by atoms with Gasteiger partial charge in [-0.25, -0.2) is 0 Å². The molecule has 0 aromatic heterocycles. The smallest absolute Gasteiger partial charge is 0.150 e. The number of ether oxygens (including phenoxy) is 1. The minimum Gasteiger partial charge on any atom is -0.490 e. The lowest BCUT2D eigenvalue weighted by atomic mass is 9.94. The third-order valence-corrected chi connectivity index (χ3v) is 3.02. The molecule has 1 saturated carbocycles. The van der Waals surface area contributed by atoms with Gasteiger partial charge in [-0.05, 0) is 37.8 Å². The minimum absolute atomic E-state index is 0.252. The van der Waals surface area contributed by atoms with Gasteiger partial charge < -0.3 is 10.5 Å². The molecule has 1 aromatic rings. The third-order valence-electron chi connectivity index (χ3n) is 3.02. The predicted octanol–water partition coefficient (Wildman–Crippen LogP) is 2.15. The van der Waals surface area contributed by atoms with Crippen molar-refractivity contribution in [2.24, 2.45) is 5.73 Å². The van der Waals surface area contributed by atoms with Crippen molar-refractivity contribution in [1.82, 2.24) is 0 Å². The first kappa shape index (κ1) is 11.1. The second-order valence-electron chi connectivity index (χ2n) is 4.34. The summed E-state index contributed by atoms with van der Waals surface area (Å²) in [4.78, 5) is 10.6. The molecule has 1 aliphatic carbocycles. The van der Waals surface area contributed by atoms with Crippen molar-refractivity contribution in [2.75, 3.05) is 0 Å². The minimum atomic E-state index is 0.252. The maximum absolute atomic E-state index is 10.6. The lowest BCUT2D eigenvalue weighted by Crippen LogP contribution is -2.31. The highest BCUT2D eigenvalue weighted by Crippen LogP contribution is 2.23. The molecule has 0 bridgehead atoms. The van der Waals surface area contributed by atoms with E-state index in [1.165, 1.54) is 0 Å². The molecule has 3 nitrogen and oxygen atoms in total. The van der Waals surface area contributed by atoms with E-state index in [0.717, 1.165) is 37.7 Å². The first-order valence-corrected chi connectivity index (χ1v) is 5.75. The van der Waals surface area contributed by atoms with Gasteiger partial charge in [-0.1, -0.05) is 12.1 Å². The van der Waals surface area contributed by atoms with E-state index in [4.69, 9.17) is 10.5 Å². The second-order valence-corrected chi connectivity index (χ2v) is 4.34. The Morgan fingerprint density at radius 2 is 2.00 bits per heavy atom. The Balaban J connectivity index is 1.95. The molecule has 16 heavy (non-hydrogen) atoms. The summed E-state index contributed by atoms with van der Waals surface area (Å²) in [6.45, 7) is 0. The molecule has 2 N–H and O–H groups in total. The highest BCUT2D eigenvalue weighted by molar-refractivity contribution is 5.75. The monoisotopic (exact) mass is 219 g/mol. The fraction of sp³-hybridized carbons (Fsp3) is 0.462. The first-order chi connectivity index (χ1) is 7.78. The van der Waals surface area contributed by atoms with E-state index >= 15 is 0 Å². The van der Waals surface area contributed by atoms with Crippen molar-refractivity contribution >= 4 is 6.29 Å². The maximum atomic E-state index is 10.6. The van der Waals surface area contributed by atoms with Gasteiger partial charge in [0.05, 0.1) is 6.10 Å². The molecule has 1 fully saturated rings. The van der Waals surface area contributed by atoms with E-state index in [-0.39, 0.29) is 6.10 Å². The lowest BCUT2D eigenvalue weighted by Gasteiger charge is -2.26. The maximum Gasteiger partial charge on any atom is 0.150 e. The van der Waals surface area contributed by atoms with E-state index in [1.54, 1.807) is 12.1 Å². The topological polar surface area (TPSA) is 52.3 Å². The first-order valence-electron chi connectivity index (χ1n) is 5.75. The number of hydrogen-bond donors (Lipinski definition) is 1. The molecular formula is C13H17NO2. The number of aldehydes is 1. The van der Waals surface area contributed by atoms with Gasteiger partial charge in [-0.2, -0.15) is 0 Å². The number of carbonyl (C=O) groups excluding carboxylic acids is 1. The van der Waals surface area contributed by atoms with E-state index in [2.05, 4.69) is 0 Å². The van der Waals surface area contributed by atoms with Gasteiger partial charge in [-0.15, -0.1) is 0 Å². The fourth-order valence-corrected chi connectivity index (χ4v) is 2.06. The summed E-state index contributed by atoms with van der Waals surface area (Å²) in [5.41, 5.74) is 6.49. The summed E-state index contributed by atoms with van der Waals surface area (Å²) in [5, 5.41) is 0. The zero-order valence-electron chi connectivity index (χ0n) is 9.26. The molecule has 3 heteroatoms. The standard InChI is InChI=1S/C13H17NO2/c14-11-4-6-12(7-5-11)16-13-3-1-2-10(8-13)9-15/h1-3,8-9,11-12H,4-7,14H2. The van der Waals surface area contributed by atoms with E-state index in [9.17, 15) is 4.79 Å². The fourth-order valence-electron chi connectivity index (χ4n) is 2.06. The van der Waals surface area contributed by atoms with Crippen LogP contribution in [0.1, 0.15) is 36.0 Å². The lowest BCUT2D eigenvalue weighted by molar-refractivity contribution is 0.112. The van der Waals surface area contributed by atoms with Crippen LogP contribution >= 0.6 is 0 Å². The molecule has 0 spiro atoms. The van der Waals surface area contributed by atoms with Gasteiger partial charge in [-0.3, -0.25) is 4.79 Å². The van der Waals surface area contributed by atoms with Crippen LogP contribution in [0.5, 0.6) is 5.75 Å². The van der Waals surface area contributed by atoms with Crippen LogP contribution < -0.4 is 10.5 Å². The molecular weight excluding hydrogens is 202 g/mol. The SMILES string of the molecule is NC1CCC(Oc2cccc(C=O)c2)CC1. The number of rotatable bonds is 3. The van der Waals surface area contributed by atoms with Gasteiger partial charge in [0.25, 0.3) is 0 Å². The molecule has 1 aromatic carbocycles. The number of benzene rings is 1. The number of carbonyl (C=O) groups is 1. The molecule has 0 atom stereocenters. The summed E-state index contributed by atoms with van der Waals surface area (Å²) >= 11 is 0. The Morgan fingerprint density at radius 3 is 2.69 bits per heavy atom. The summed E-state index contributed by atoms with van der Waals surface area (Å²) < 4.78 is 5.83. The zero-order chi connectivity index (χ0) is 11.4. The molecule has 1 aliphatic rings. The van der Waals surface area contributed by atoms with Gasteiger partial charge in [0.2, 0.25) is 0 Å². The predicted molar refractivity (Wildman–Crippen MR) is 62.7 cm³/mol. The molecule has 86 valence electrons. The van der Waals surface area contributed by atoms with Crippen LogP contribution in [0.2, 0.25) is 0 Å². The van der Waals surface area contributed by atoms with E-state index in [0.29, 0.717) is 11.6 Å². The highest BCUT2D eigenvalue weighted by Gasteiger charge is 2.19. The van der Waals surface area contributed by atoms with Crippen LogP contribution in [0.15, 0.2) is 24.3 Å². The van der Waals surface area contributed by atoms with Crippen molar-refractivity contribution in [3.8, 4) is 5.75 Å². The Bertz CT molecular complexity index is 357. The van der Waals surface area contributed by atoms with Gasteiger partial charge in [0.15, 0.2) is 0 Å². The van der Waals surface area contributed by atoms with E-state index < -0.39 is 0 Å². The van der Waals surface area contributed by atoms with Gasteiger partial charge >= 0.3 is 0 Å². The molecule has 2 rings (SSSR count). The van der Waals surface area contributed by atoms with Gasteiger partial charge in [0.1, 0.15) is 12.0 Å². The number of hydrogen-bond acceptors (Lipinski definition) is 3. The summed E-state index contributed by atoms with van der Waals surface area (Å²) in [6.07, 6.45) is 5.15. The number of nitrogens with two attached hydrogens (primary N) is 1. The second kappa shape index (κ2) is 5.12. The van der Waals surface area contributed by atoms with Crippen LogP contribution in [0.4, 0.5) is 0 Å². The van der Waals surface area contributed by atoms with Crippen molar-refractivity contribution in [1.29, 1.82) is 0 Å². The highest BCUT2D eigenvalue weighted by atomic mass is 16.5. The molecule has 0 radical (unpaired) electrons. The molecule has 0 unspecified atom stereocenters. The Kier molecular flexibility index (Phi) is 3.57. The largest absolute Gasteiger partial charge is 0.490 e. The Labute approximate surface area is 95.6 Å². The third kappa shape index (κ3) is 2.83. The van der Waals surface area contributed by atoms with Crippen LogP contribution in [-0.2, 0) is 0 Å². The molecule has 0 aliphatic heterocycles. The summed E-state index contributed by atoms with van der Waals surface area (Å²) in [7, 11) is 0. The molecule has 0 heterocycles. The summed E-state index contributed by atoms with van der Waals surface area (Å²) in [6, 6.07) is 7.62. The van der Waals surface area contributed by atoms with Gasteiger partial charge in [0, 0.05) is 11.6 Å². The average Bonchev–Trinajstić information content (AvgIpc) is 2.32. The van der Waals surface area contributed by atoms with Crippen molar-refractivity contribution in [3.05, 3.63) is 29.8 Å². The van der Waals surface area contributed by atoms with E-state index in [1.807, 2.05) is 12.1 Å². The zero-order valence-corrected chi connectivity index (χ0v) is 9.26.